The monoisotopic (exact) mass is 272 g/mol. The van der Waals surface area contributed by atoms with Gasteiger partial charge in [0.2, 0.25) is 5.91 Å². The van der Waals surface area contributed by atoms with E-state index in [4.69, 9.17) is 16.9 Å². The first-order valence-corrected chi connectivity index (χ1v) is 7.00. The summed E-state index contributed by atoms with van der Waals surface area (Å²) in [7, 11) is 0. The van der Waals surface area contributed by atoms with E-state index in [0.717, 1.165) is 9.21 Å². The van der Waals surface area contributed by atoms with Crippen molar-refractivity contribution in [3.05, 3.63) is 21.3 Å². The van der Waals surface area contributed by atoms with Crippen molar-refractivity contribution in [1.29, 1.82) is 5.26 Å². The molecule has 3 nitrogen and oxygen atoms in total. The van der Waals surface area contributed by atoms with E-state index in [1.807, 2.05) is 12.1 Å². The quantitative estimate of drug-likeness (QED) is 0.850. The molecule has 1 saturated heterocycles. The molecule has 1 fully saturated rings. The Bertz CT molecular complexity index is 440. The summed E-state index contributed by atoms with van der Waals surface area (Å²) in [5, 5.41) is 8.60. The highest BCUT2D eigenvalue weighted by Gasteiger charge is 2.33. The first kappa shape index (κ1) is 11.8. The van der Waals surface area contributed by atoms with Crippen LogP contribution in [0, 0.1) is 11.3 Å². The minimum Gasteiger partial charge on any atom is -0.324 e. The molecule has 6 heteroatoms. The van der Waals surface area contributed by atoms with Gasteiger partial charge in [-0.3, -0.25) is 4.79 Å². The molecule has 1 aromatic heterocycles. The van der Waals surface area contributed by atoms with Gasteiger partial charge in [-0.25, -0.2) is 0 Å². The largest absolute Gasteiger partial charge is 0.324 e. The zero-order chi connectivity index (χ0) is 11.5. The van der Waals surface area contributed by atoms with E-state index in [9.17, 15) is 4.79 Å². The lowest BCUT2D eigenvalue weighted by Gasteiger charge is -2.21. The van der Waals surface area contributed by atoms with Gasteiger partial charge in [0.05, 0.1) is 22.6 Å². The Labute approximate surface area is 107 Å². The predicted octanol–water partition coefficient (Wildman–Crippen LogP) is 2.89. The number of halogens is 1. The molecule has 1 aliphatic rings. The Balaban J connectivity index is 2.14. The molecule has 1 unspecified atom stereocenters. The van der Waals surface area contributed by atoms with E-state index < -0.39 is 0 Å². The Hall–Kier alpha value is -0.700. The van der Waals surface area contributed by atoms with Crippen molar-refractivity contribution >= 4 is 40.6 Å². The van der Waals surface area contributed by atoms with Crippen LogP contribution >= 0.6 is 34.7 Å². The molecule has 1 aromatic rings. The van der Waals surface area contributed by atoms with Crippen LogP contribution in [0.15, 0.2) is 12.1 Å². The number of nitriles is 1. The molecular formula is C10H9ClN2OS2. The van der Waals surface area contributed by atoms with Crippen molar-refractivity contribution in [2.45, 2.75) is 11.8 Å². The molecule has 1 atom stereocenters. The summed E-state index contributed by atoms with van der Waals surface area (Å²) < 4.78 is 0.732. The lowest BCUT2D eigenvalue weighted by atomic mass is 10.3. The van der Waals surface area contributed by atoms with Crippen LogP contribution in [0.25, 0.3) is 0 Å². The van der Waals surface area contributed by atoms with E-state index in [1.54, 1.807) is 16.7 Å². The molecule has 0 N–H and O–H groups in total. The number of thiophene rings is 1. The molecule has 0 radical (unpaired) electrons. The third kappa shape index (κ3) is 2.34. The van der Waals surface area contributed by atoms with Crippen LogP contribution < -0.4 is 0 Å². The highest BCUT2D eigenvalue weighted by Crippen LogP contribution is 2.42. The molecule has 84 valence electrons. The predicted molar refractivity (Wildman–Crippen MR) is 66.5 cm³/mol. The topological polar surface area (TPSA) is 44.1 Å². The van der Waals surface area contributed by atoms with Crippen LogP contribution in [0.4, 0.5) is 0 Å². The zero-order valence-corrected chi connectivity index (χ0v) is 10.7. The van der Waals surface area contributed by atoms with E-state index in [2.05, 4.69) is 6.07 Å². The summed E-state index contributed by atoms with van der Waals surface area (Å²) in [5.41, 5.74) is 0. The van der Waals surface area contributed by atoms with Crippen molar-refractivity contribution in [3.63, 3.8) is 0 Å². The second-order valence-electron chi connectivity index (χ2n) is 3.30. The van der Waals surface area contributed by atoms with Crippen LogP contribution in [-0.4, -0.2) is 23.1 Å². The lowest BCUT2D eigenvalue weighted by molar-refractivity contribution is -0.127. The third-order valence-corrected chi connectivity index (χ3v) is 4.94. The fourth-order valence-corrected chi connectivity index (χ4v) is 4.08. The van der Waals surface area contributed by atoms with E-state index in [-0.39, 0.29) is 11.3 Å². The molecule has 0 aliphatic carbocycles. The van der Waals surface area contributed by atoms with Crippen molar-refractivity contribution < 1.29 is 4.79 Å². The van der Waals surface area contributed by atoms with E-state index in [0.29, 0.717) is 18.7 Å². The maximum Gasteiger partial charge on any atom is 0.233 e. The summed E-state index contributed by atoms with van der Waals surface area (Å²) in [5.74, 6) is 0.598. The molecule has 16 heavy (non-hydrogen) atoms. The van der Waals surface area contributed by atoms with Gasteiger partial charge in [0.1, 0.15) is 5.37 Å². The number of rotatable bonds is 3. The van der Waals surface area contributed by atoms with E-state index in [1.165, 1.54) is 11.3 Å². The Morgan fingerprint density at radius 1 is 1.62 bits per heavy atom. The summed E-state index contributed by atoms with van der Waals surface area (Å²) in [6.45, 7) is 0.502. The highest BCUT2D eigenvalue weighted by atomic mass is 35.5. The van der Waals surface area contributed by atoms with Gasteiger partial charge in [0.15, 0.2) is 0 Å². The van der Waals surface area contributed by atoms with Crippen molar-refractivity contribution in [2.24, 2.45) is 0 Å². The van der Waals surface area contributed by atoms with Gasteiger partial charge in [0.25, 0.3) is 0 Å². The SMILES string of the molecule is N#CCCN1C(=O)CSC1c1ccc(Cl)s1. The number of hydrogen-bond acceptors (Lipinski definition) is 4. The molecule has 0 spiro atoms. The molecule has 0 bridgehead atoms. The minimum absolute atomic E-state index is 0.0401. The lowest BCUT2D eigenvalue weighted by Crippen LogP contribution is -2.28. The fraction of sp³-hybridized carbons (Fsp3) is 0.400. The number of amides is 1. The van der Waals surface area contributed by atoms with Gasteiger partial charge in [-0.15, -0.1) is 23.1 Å². The zero-order valence-electron chi connectivity index (χ0n) is 8.35. The van der Waals surface area contributed by atoms with Crippen LogP contribution in [0.3, 0.4) is 0 Å². The second kappa shape index (κ2) is 5.09. The van der Waals surface area contributed by atoms with Crippen LogP contribution in [-0.2, 0) is 4.79 Å². The normalized spacial score (nSPS) is 20.1. The van der Waals surface area contributed by atoms with Gasteiger partial charge in [0, 0.05) is 11.4 Å². The van der Waals surface area contributed by atoms with E-state index >= 15 is 0 Å². The van der Waals surface area contributed by atoms with Gasteiger partial charge >= 0.3 is 0 Å². The molecule has 0 saturated carbocycles. The van der Waals surface area contributed by atoms with Crippen LogP contribution in [0.2, 0.25) is 4.34 Å². The number of hydrogen-bond donors (Lipinski definition) is 0. The Kier molecular flexibility index (Phi) is 3.74. The van der Waals surface area contributed by atoms with Crippen molar-refractivity contribution in [1.82, 2.24) is 4.90 Å². The van der Waals surface area contributed by atoms with Gasteiger partial charge < -0.3 is 4.90 Å². The minimum atomic E-state index is 0.0401. The first-order chi connectivity index (χ1) is 7.72. The number of nitrogens with zero attached hydrogens (tertiary/aromatic N) is 2. The van der Waals surface area contributed by atoms with Crippen LogP contribution in [0.1, 0.15) is 16.7 Å². The third-order valence-electron chi connectivity index (χ3n) is 2.27. The molecule has 2 rings (SSSR count). The maximum absolute atomic E-state index is 11.6. The van der Waals surface area contributed by atoms with Crippen molar-refractivity contribution in [2.75, 3.05) is 12.3 Å². The fourth-order valence-electron chi connectivity index (χ4n) is 1.56. The summed E-state index contributed by atoms with van der Waals surface area (Å²) in [6.07, 6.45) is 0.377. The number of carbonyl (C=O) groups is 1. The Morgan fingerprint density at radius 2 is 2.44 bits per heavy atom. The van der Waals surface area contributed by atoms with Gasteiger partial charge in [-0.05, 0) is 12.1 Å². The maximum atomic E-state index is 11.6. The average molecular weight is 273 g/mol. The highest BCUT2D eigenvalue weighted by molar-refractivity contribution is 8.00. The average Bonchev–Trinajstić information content (AvgIpc) is 2.82. The molecule has 2 heterocycles. The summed E-state index contributed by atoms with van der Waals surface area (Å²) in [6, 6.07) is 5.85. The van der Waals surface area contributed by atoms with Crippen molar-refractivity contribution in [3.8, 4) is 6.07 Å². The Morgan fingerprint density at radius 3 is 3.06 bits per heavy atom. The van der Waals surface area contributed by atoms with Crippen LogP contribution in [0.5, 0.6) is 0 Å². The molecule has 1 amide bonds. The number of carbonyl (C=O) groups excluding carboxylic acids is 1. The molecule has 0 aromatic carbocycles. The number of thioether (sulfide) groups is 1. The smallest absolute Gasteiger partial charge is 0.233 e. The first-order valence-electron chi connectivity index (χ1n) is 4.75. The second-order valence-corrected chi connectivity index (χ2v) is 6.12. The van der Waals surface area contributed by atoms with Gasteiger partial charge in [-0.2, -0.15) is 5.26 Å². The molecule has 1 aliphatic heterocycles. The summed E-state index contributed by atoms with van der Waals surface area (Å²) in [4.78, 5) is 14.5. The van der Waals surface area contributed by atoms with Gasteiger partial charge in [-0.1, -0.05) is 11.6 Å². The standard InChI is InChI=1S/C10H9ClN2OS2/c11-8-3-2-7(16-8)10-13(5-1-4-12)9(14)6-15-10/h2-3,10H,1,5-6H2. The molecular weight excluding hydrogens is 264 g/mol. The summed E-state index contributed by atoms with van der Waals surface area (Å²) >= 11 is 8.97.